The molecule has 0 unspecified atom stereocenters. The van der Waals surface area contributed by atoms with Crippen LogP contribution >= 0.6 is 15.9 Å². The Kier molecular flexibility index (Phi) is 2.68. The summed E-state index contributed by atoms with van der Waals surface area (Å²) in [7, 11) is 0. The summed E-state index contributed by atoms with van der Waals surface area (Å²) in [6, 6.07) is 7.12. The molecule has 1 N–H and O–H groups in total. The van der Waals surface area contributed by atoms with Gasteiger partial charge in [0.2, 0.25) is 0 Å². The van der Waals surface area contributed by atoms with Crippen molar-refractivity contribution in [2.24, 2.45) is 5.92 Å². The van der Waals surface area contributed by atoms with Crippen LogP contribution in [0.4, 0.5) is 5.69 Å². The second kappa shape index (κ2) is 4.04. The minimum atomic E-state index is 0.357. The molecule has 3 heteroatoms. The van der Waals surface area contributed by atoms with E-state index < -0.39 is 0 Å². The second-order valence-corrected chi connectivity index (χ2v) is 5.71. The topological polar surface area (TPSA) is 23.5 Å². The van der Waals surface area contributed by atoms with Gasteiger partial charge in [0.05, 0.1) is 0 Å². The Morgan fingerprint density at radius 3 is 2.94 bits per heavy atom. The molecule has 0 bridgehead atoms. The molecule has 2 nitrogen and oxygen atoms in total. The maximum absolute atomic E-state index is 9.06. The lowest BCUT2D eigenvalue weighted by Crippen LogP contribution is -2.45. The van der Waals surface area contributed by atoms with E-state index >= 15 is 0 Å². The molecule has 1 aromatic carbocycles. The lowest BCUT2D eigenvalue weighted by atomic mass is 9.80. The first-order valence-electron chi connectivity index (χ1n) is 5.94. The molecular weight excluding hydrogens is 266 g/mol. The summed E-state index contributed by atoms with van der Waals surface area (Å²) in [5, 5.41) is 9.06. The maximum atomic E-state index is 9.06. The third-order valence-corrected chi connectivity index (χ3v) is 4.66. The summed E-state index contributed by atoms with van der Waals surface area (Å²) in [5.74, 6) is 0.543. The molecule has 0 spiro atoms. The van der Waals surface area contributed by atoms with Crippen LogP contribution in [0.3, 0.4) is 0 Å². The van der Waals surface area contributed by atoms with Crippen LogP contribution in [0.25, 0.3) is 0 Å². The minimum absolute atomic E-state index is 0.357. The first-order valence-corrected chi connectivity index (χ1v) is 6.74. The minimum Gasteiger partial charge on any atom is -0.396 e. The van der Waals surface area contributed by atoms with E-state index in [1.807, 2.05) is 0 Å². The Balaban J connectivity index is 1.80. The standard InChI is InChI=1S/C13H16BrNO/c14-12-2-1-3-13-11(12)4-5-15(13)10-6-9(7-10)8-16/h1-3,9-10,16H,4-8H2. The van der Waals surface area contributed by atoms with Crippen molar-refractivity contribution in [3.8, 4) is 0 Å². The van der Waals surface area contributed by atoms with Crippen molar-refractivity contribution in [1.29, 1.82) is 0 Å². The molecule has 0 amide bonds. The van der Waals surface area contributed by atoms with Crippen LogP contribution in [0.1, 0.15) is 18.4 Å². The van der Waals surface area contributed by atoms with Crippen molar-refractivity contribution in [3.05, 3.63) is 28.2 Å². The van der Waals surface area contributed by atoms with Crippen molar-refractivity contribution in [2.75, 3.05) is 18.1 Å². The third-order valence-electron chi connectivity index (χ3n) is 3.92. The molecule has 1 aliphatic carbocycles. The zero-order chi connectivity index (χ0) is 11.1. The summed E-state index contributed by atoms with van der Waals surface area (Å²) in [6.07, 6.45) is 3.46. The largest absolute Gasteiger partial charge is 0.396 e. The second-order valence-electron chi connectivity index (χ2n) is 4.85. The average Bonchev–Trinajstić information content (AvgIpc) is 2.62. The smallest absolute Gasteiger partial charge is 0.0460 e. The first-order chi connectivity index (χ1) is 7.79. The number of aliphatic hydroxyl groups is 1. The van der Waals surface area contributed by atoms with Crippen LogP contribution in [0.5, 0.6) is 0 Å². The highest BCUT2D eigenvalue weighted by Gasteiger charge is 2.36. The van der Waals surface area contributed by atoms with Gasteiger partial charge in [0, 0.05) is 29.4 Å². The summed E-state index contributed by atoms with van der Waals surface area (Å²) in [5.41, 5.74) is 2.85. The molecule has 3 rings (SSSR count). The summed E-state index contributed by atoms with van der Waals surface area (Å²) >= 11 is 3.62. The van der Waals surface area contributed by atoms with Gasteiger partial charge >= 0.3 is 0 Å². The molecule has 1 fully saturated rings. The zero-order valence-electron chi connectivity index (χ0n) is 9.19. The van der Waals surface area contributed by atoms with E-state index in [4.69, 9.17) is 5.11 Å². The van der Waals surface area contributed by atoms with Gasteiger partial charge in [-0.1, -0.05) is 22.0 Å². The van der Waals surface area contributed by atoms with Gasteiger partial charge in [-0.15, -0.1) is 0 Å². The number of hydrogen-bond acceptors (Lipinski definition) is 2. The van der Waals surface area contributed by atoms with Gasteiger partial charge in [-0.3, -0.25) is 0 Å². The number of benzene rings is 1. The van der Waals surface area contributed by atoms with Crippen LogP contribution in [0.2, 0.25) is 0 Å². The fraction of sp³-hybridized carbons (Fsp3) is 0.538. The van der Waals surface area contributed by atoms with E-state index in [9.17, 15) is 0 Å². The normalized spacial score (nSPS) is 27.8. The average molecular weight is 282 g/mol. The summed E-state index contributed by atoms with van der Waals surface area (Å²) in [6.45, 7) is 1.50. The molecule has 1 saturated carbocycles. The number of rotatable bonds is 2. The maximum Gasteiger partial charge on any atom is 0.0460 e. The quantitative estimate of drug-likeness (QED) is 0.901. The van der Waals surface area contributed by atoms with Gasteiger partial charge in [-0.05, 0) is 42.9 Å². The highest BCUT2D eigenvalue weighted by atomic mass is 79.9. The van der Waals surface area contributed by atoms with E-state index in [0.29, 0.717) is 18.6 Å². The molecule has 1 aliphatic heterocycles. The van der Waals surface area contributed by atoms with Crippen LogP contribution in [0, 0.1) is 5.92 Å². The number of aliphatic hydroxyl groups excluding tert-OH is 1. The van der Waals surface area contributed by atoms with Crippen molar-refractivity contribution >= 4 is 21.6 Å². The van der Waals surface area contributed by atoms with Crippen molar-refractivity contribution < 1.29 is 5.11 Å². The lowest BCUT2D eigenvalue weighted by molar-refractivity contribution is 0.140. The number of anilines is 1. The Labute approximate surface area is 104 Å². The molecule has 2 aliphatic rings. The summed E-state index contributed by atoms with van der Waals surface area (Å²) in [4.78, 5) is 2.52. The van der Waals surface area contributed by atoms with Gasteiger partial charge in [-0.2, -0.15) is 0 Å². The van der Waals surface area contributed by atoms with Gasteiger partial charge in [0.1, 0.15) is 0 Å². The number of fused-ring (bicyclic) bond motifs is 1. The highest BCUT2D eigenvalue weighted by Crippen LogP contribution is 2.40. The van der Waals surface area contributed by atoms with Gasteiger partial charge < -0.3 is 10.0 Å². The van der Waals surface area contributed by atoms with Crippen molar-refractivity contribution in [3.63, 3.8) is 0 Å². The Bertz CT molecular complexity index is 401. The zero-order valence-corrected chi connectivity index (χ0v) is 10.8. The number of halogens is 1. The van der Waals surface area contributed by atoms with Crippen molar-refractivity contribution in [2.45, 2.75) is 25.3 Å². The van der Waals surface area contributed by atoms with Crippen LogP contribution in [0.15, 0.2) is 22.7 Å². The van der Waals surface area contributed by atoms with E-state index in [-0.39, 0.29) is 0 Å². The molecule has 0 radical (unpaired) electrons. The Morgan fingerprint density at radius 1 is 1.38 bits per heavy atom. The molecule has 0 saturated heterocycles. The lowest BCUT2D eigenvalue weighted by Gasteiger charge is -2.42. The van der Waals surface area contributed by atoms with Crippen molar-refractivity contribution in [1.82, 2.24) is 0 Å². The molecule has 0 atom stereocenters. The fourth-order valence-corrected chi connectivity index (χ4v) is 3.45. The third kappa shape index (κ3) is 1.57. The Hall–Kier alpha value is -0.540. The molecular formula is C13H16BrNO. The molecule has 0 aromatic heterocycles. The number of hydrogen-bond donors (Lipinski definition) is 1. The van der Waals surface area contributed by atoms with Gasteiger partial charge in [0.25, 0.3) is 0 Å². The number of nitrogens with zero attached hydrogens (tertiary/aromatic N) is 1. The van der Waals surface area contributed by atoms with Gasteiger partial charge in [0.15, 0.2) is 0 Å². The fourth-order valence-electron chi connectivity index (χ4n) is 2.90. The predicted octanol–water partition coefficient (Wildman–Crippen LogP) is 2.58. The van der Waals surface area contributed by atoms with Gasteiger partial charge in [-0.25, -0.2) is 0 Å². The Morgan fingerprint density at radius 2 is 2.19 bits per heavy atom. The highest BCUT2D eigenvalue weighted by molar-refractivity contribution is 9.10. The van der Waals surface area contributed by atoms with Crippen LogP contribution in [-0.4, -0.2) is 24.3 Å². The first kappa shape index (κ1) is 10.6. The van der Waals surface area contributed by atoms with E-state index in [2.05, 4.69) is 39.0 Å². The monoisotopic (exact) mass is 281 g/mol. The molecule has 86 valence electrons. The van der Waals surface area contributed by atoms with E-state index in [1.54, 1.807) is 0 Å². The SMILES string of the molecule is OCC1CC(N2CCc3c(Br)cccc32)C1. The van der Waals surface area contributed by atoms with E-state index in [0.717, 1.165) is 25.8 Å². The van der Waals surface area contributed by atoms with Crippen LogP contribution < -0.4 is 4.90 Å². The van der Waals surface area contributed by atoms with E-state index in [1.165, 1.54) is 15.7 Å². The predicted molar refractivity (Wildman–Crippen MR) is 68.8 cm³/mol. The molecule has 1 heterocycles. The summed E-state index contributed by atoms with van der Waals surface area (Å²) < 4.78 is 1.24. The molecule has 16 heavy (non-hydrogen) atoms. The molecule has 1 aromatic rings. The van der Waals surface area contributed by atoms with Crippen LogP contribution in [-0.2, 0) is 6.42 Å².